The third kappa shape index (κ3) is 2.85. The predicted octanol–water partition coefficient (Wildman–Crippen LogP) is 0.757. The van der Waals surface area contributed by atoms with Crippen LogP contribution in [0.1, 0.15) is 18.6 Å². The lowest BCUT2D eigenvalue weighted by Crippen LogP contribution is -2.22. The molecule has 0 aromatic carbocycles. The fourth-order valence-corrected chi connectivity index (χ4v) is 2.36. The number of rotatable bonds is 5. The molecule has 5 heteroatoms. The molecular weight excluding hydrogens is 202 g/mol. The molecule has 1 aromatic rings. The monoisotopic (exact) mass is 217 g/mol. The van der Waals surface area contributed by atoms with Crippen molar-refractivity contribution in [3.8, 4) is 0 Å². The molecule has 1 atom stereocenters. The summed E-state index contributed by atoms with van der Waals surface area (Å²) in [7, 11) is -3.00. The van der Waals surface area contributed by atoms with Crippen LogP contribution in [0.15, 0.2) is 22.8 Å². The van der Waals surface area contributed by atoms with Crippen LogP contribution >= 0.6 is 0 Å². The summed E-state index contributed by atoms with van der Waals surface area (Å²) >= 11 is 0. The van der Waals surface area contributed by atoms with Gasteiger partial charge in [0.2, 0.25) is 0 Å². The van der Waals surface area contributed by atoms with Crippen LogP contribution in [0.4, 0.5) is 0 Å². The molecule has 0 aliphatic carbocycles. The molecule has 1 heterocycles. The molecule has 0 spiro atoms. The first-order valence-electron chi connectivity index (χ1n) is 4.53. The maximum atomic E-state index is 11.4. The summed E-state index contributed by atoms with van der Waals surface area (Å²) in [4.78, 5) is 0. The van der Waals surface area contributed by atoms with Crippen molar-refractivity contribution in [2.24, 2.45) is 5.73 Å². The van der Waals surface area contributed by atoms with Gasteiger partial charge < -0.3 is 10.2 Å². The first kappa shape index (κ1) is 11.3. The van der Waals surface area contributed by atoms with E-state index in [4.69, 9.17) is 10.2 Å². The molecule has 0 radical (unpaired) electrons. The van der Waals surface area contributed by atoms with Gasteiger partial charge in [0.05, 0.1) is 12.0 Å². The van der Waals surface area contributed by atoms with Gasteiger partial charge in [0.25, 0.3) is 0 Å². The summed E-state index contributed by atoms with van der Waals surface area (Å²) in [6.45, 7) is 1.91. The van der Waals surface area contributed by atoms with Crippen LogP contribution in [0.3, 0.4) is 0 Å². The highest BCUT2D eigenvalue weighted by Crippen LogP contribution is 2.17. The molecule has 0 saturated carbocycles. The fraction of sp³-hybridized carbons (Fsp3) is 0.556. The van der Waals surface area contributed by atoms with Crippen molar-refractivity contribution >= 4 is 9.84 Å². The van der Waals surface area contributed by atoms with Gasteiger partial charge in [0.15, 0.2) is 9.84 Å². The summed E-state index contributed by atoms with van der Waals surface area (Å²) in [5.74, 6) is 0.622. The van der Waals surface area contributed by atoms with E-state index in [1.165, 1.54) is 6.26 Å². The van der Waals surface area contributed by atoms with Gasteiger partial charge in [-0.15, -0.1) is 0 Å². The minimum Gasteiger partial charge on any atom is -0.469 e. The minimum atomic E-state index is -3.00. The van der Waals surface area contributed by atoms with Crippen LogP contribution in [0.2, 0.25) is 0 Å². The highest BCUT2D eigenvalue weighted by atomic mass is 32.2. The second-order valence-electron chi connectivity index (χ2n) is 3.15. The predicted molar refractivity (Wildman–Crippen MR) is 54.8 cm³/mol. The average molecular weight is 217 g/mol. The van der Waals surface area contributed by atoms with E-state index >= 15 is 0 Å². The highest BCUT2D eigenvalue weighted by molar-refractivity contribution is 7.91. The highest BCUT2D eigenvalue weighted by Gasteiger charge is 2.20. The Kier molecular flexibility index (Phi) is 3.71. The molecule has 14 heavy (non-hydrogen) atoms. The van der Waals surface area contributed by atoms with E-state index in [0.29, 0.717) is 5.76 Å². The molecule has 1 rings (SSSR count). The molecule has 80 valence electrons. The van der Waals surface area contributed by atoms with Gasteiger partial charge in [0.1, 0.15) is 5.76 Å². The largest absolute Gasteiger partial charge is 0.469 e. The lowest BCUT2D eigenvalue weighted by Gasteiger charge is -2.11. The Labute approximate surface area is 84.0 Å². The Morgan fingerprint density at radius 3 is 2.71 bits per heavy atom. The van der Waals surface area contributed by atoms with E-state index in [9.17, 15) is 8.42 Å². The quantitative estimate of drug-likeness (QED) is 0.790. The molecule has 1 aromatic heterocycles. The summed E-state index contributed by atoms with van der Waals surface area (Å²) in [6, 6.07) is 3.49. The zero-order chi connectivity index (χ0) is 10.6. The van der Waals surface area contributed by atoms with Gasteiger partial charge in [-0.25, -0.2) is 8.42 Å². The minimum absolute atomic E-state index is 0.0630. The third-order valence-electron chi connectivity index (χ3n) is 2.13. The zero-order valence-electron chi connectivity index (χ0n) is 8.14. The maximum Gasteiger partial charge on any atom is 0.150 e. The van der Waals surface area contributed by atoms with Gasteiger partial charge in [-0.3, -0.25) is 0 Å². The van der Waals surface area contributed by atoms with Crippen LogP contribution in [-0.4, -0.2) is 26.5 Å². The van der Waals surface area contributed by atoms with Gasteiger partial charge in [-0.1, -0.05) is 6.92 Å². The lowest BCUT2D eigenvalue weighted by molar-refractivity contribution is 0.475. The molecule has 0 aliphatic rings. The Morgan fingerprint density at radius 1 is 1.57 bits per heavy atom. The van der Waals surface area contributed by atoms with Crippen molar-refractivity contribution < 1.29 is 12.8 Å². The molecular formula is C9H15NO3S. The van der Waals surface area contributed by atoms with E-state index in [1.807, 2.05) is 0 Å². The van der Waals surface area contributed by atoms with Crippen LogP contribution < -0.4 is 5.73 Å². The summed E-state index contributed by atoms with van der Waals surface area (Å²) in [5, 5.41) is 0. The maximum absolute atomic E-state index is 11.4. The van der Waals surface area contributed by atoms with Crippen LogP contribution in [0.25, 0.3) is 0 Å². The SMILES string of the molecule is CCS(=O)(=O)C[C@H](CN)c1ccco1. The van der Waals surface area contributed by atoms with Gasteiger partial charge in [-0.05, 0) is 12.1 Å². The van der Waals surface area contributed by atoms with E-state index in [2.05, 4.69) is 0 Å². The van der Waals surface area contributed by atoms with Crippen molar-refractivity contribution in [3.05, 3.63) is 24.2 Å². The topological polar surface area (TPSA) is 73.3 Å². The number of hydrogen-bond donors (Lipinski definition) is 1. The van der Waals surface area contributed by atoms with Crippen LogP contribution in [0.5, 0.6) is 0 Å². The number of furan rings is 1. The smallest absolute Gasteiger partial charge is 0.150 e. The molecule has 0 bridgehead atoms. The molecule has 0 saturated heterocycles. The summed E-state index contributed by atoms with van der Waals surface area (Å²) < 4.78 is 27.9. The Balaban J connectivity index is 2.75. The fourth-order valence-electron chi connectivity index (χ4n) is 1.21. The second kappa shape index (κ2) is 4.61. The third-order valence-corrected chi connectivity index (χ3v) is 3.91. The normalized spacial score (nSPS) is 14.1. The molecule has 4 nitrogen and oxygen atoms in total. The zero-order valence-corrected chi connectivity index (χ0v) is 8.96. The molecule has 2 N–H and O–H groups in total. The number of nitrogens with two attached hydrogens (primary N) is 1. The van der Waals surface area contributed by atoms with E-state index < -0.39 is 9.84 Å². The first-order chi connectivity index (χ1) is 6.59. The number of sulfone groups is 1. The molecule has 0 amide bonds. The van der Waals surface area contributed by atoms with Gasteiger partial charge in [0, 0.05) is 18.2 Å². The van der Waals surface area contributed by atoms with Crippen molar-refractivity contribution in [1.29, 1.82) is 0 Å². The summed E-state index contributed by atoms with van der Waals surface area (Å²) in [5.41, 5.74) is 5.50. The van der Waals surface area contributed by atoms with E-state index in [-0.39, 0.29) is 24.0 Å². The molecule has 0 aliphatic heterocycles. The summed E-state index contributed by atoms with van der Waals surface area (Å²) in [6.07, 6.45) is 1.52. The van der Waals surface area contributed by atoms with Crippen molar-refractivity contribution in [1.82, 2.24) is 0 Å². The van der Waals surface area contributed by atoms with Crippen LogP contribution in [-0.2, 0) is 9.84 Å². The second-order valence-corrected chi connectivity index (χ2v) is 5.54. The molecule has 0 unspecified atom stereocenters. The molecule has 0 fully saturated rings. The van der Waals surface area contributed by atoms with Crippen LogP contribution in [0, 0.1) is 0 Å². The average Bonchev–Trinajstić information content (AvgIpc) is 2.67. The van der Waals surface area contributed by atoms with Gasteiger partial charge >= 0.3 is 0 Å². The first-order valence-corrected chi connectivity index (χ1v) is 6.35. The number of hydrogen-bond acceptors (Lipinski definition) is 4. The Bertz CT molecular complexity index is 355. The Hall–Kier alpha value is -0.810. The van der Waals surface area contributed by atoms with Crippen molar-refractivity contribution in [2.45, 2.75) is 12.8 Å². The lowest BCUT2D eigenvalue weighted by atomic mass is 10.1. The Morgan fingerprint density at radius 2 is 2.29 bits per heavy atom. The van der Waals surface area contributed by atoms with E-state index in [0.717, 1.165) is 0 Å². The van der Waals surface area contributed by atoms with E-state index in [1.54, 1.807) is 19.1 Å². The van der Waals surface area contributed by atoms with Crippen molar-refractivity contribution in [3.63, 3.8) is 0 Å². The standard InChI is InChI=1S/C9H15NO3S/c1-2-14(11,12)7-8(6-10)9-4-3-5-13-9/h3-5,8H,2,6-7,10H2,1H3/t8-/m0/s1. The van der Waals surface area contributed by atoms with Crippen molar-refractivity contribution in [2.75, 3.05) is 18.1 Å². The van der Waals surface area contributed by atoms with Gasteiger partial charge in [-0.2, -0.15) is 0 Å².